The molecule has 0 fully saturated rings. The van der Waals surface area contributed by atoms with Crippen LogP contribution < -0.4 is 19.5 Å². The van der Waals surface area contributed by atoms with E-state index in [2.05, 4.69) is 45.3 Å². The fourth-order valence-electron chi connectivity index (χ4n) is 2.83. The number of aromatic nitrogens is 1. The lowest BCUT2D eigenvalue weighted by Crippen LogP contribution is -2.13. The van der Waals surface area contributed by atoms with Gasteiger partial charge in [0.1, 0.15) is 0 Å². The predicted molar refractivity (Wildman–Crippen MR) is 119 cm³/mol. The number of carbonyl (C=O) groups is 1. The molecule has 0 bridgehead atoms. The zero-order chi connectivity index (χ0) is 21.0. The summed E-state index contributed by atoms with van der Waals surface area (Å²) in [5, 5.41) is 5.26. The van der Waals surface area contributed by atoms with Crippen molar-refractivity contribution in [2.45, 2.75) is 13.3 Å². The number of nitrogens with one attached hydrogen (secondary N) is 1. The first-order valence-electron chi connectivity index (χ1n) is 8.87. The second kappa shape index (κ2) is 9.28. The van der Waals surface area contributed by atoms with E-state index in [1.54, 1.807) is 6.07 Å². The number of rotatable bonds is 7. The third kappa shape index (κ3) is 4.38. The number of halogens is 1. The summed E-state index contributed by atoms with van der Waals surface area (Å²) in [5.41, 5.74) is 3.44. The highest BCUT2D eigenvalue weighted by atomic mass is 79.9. The number of nitrogens with zero attached hydrogens (tertiary/aromatic N) is 1. The number of ether oxygens (including phenoxy) is 3. The van der Waals surface area contributed by atoms with Crippen LogP contribution in [-0.2, 0) is 6.42 Å². The average molecular weight is 477 g/mol. The van der Waals surface area contributed by atoms with Crippen LogP contribution in [-0.4, -0.2) is 32.2 Å². The molecule has 1 amide bonds. The molecule has 3 aromatic rings. The Morgan fingerprint density at radius 3 is 2.38 bits per heavy atom. The van der Waals surface area contributed by atoms with Crippen LogP contribution >= 0.6 is 27.3 Å². The van der Waals surface area contributed by atoms with Gasteiger partial charge in [0.25, 0.3) is 5.91 Å². The number of anilines is 1. The molecule has 1 aromatic heterocycles. The van der Waals surface area contributed by atoms with E-state index >= 15 is 0 Å². The Balaban J connectivity index is 1.86. The van der Waals surface area contributed by atoms with Gasteiger partial charge in [-0.25, -0.2) is 4.98 Å². The van der Waals surface area contributed by atoms with E-state index in [1.807, 2.05) is 17.5 Å². The van der Waals surface area contributed by atoms with Gasteiger partial charge in [0.2, 0.25) is 5.75 Å². The molecule has 1 heterocycles. The highest BCUT2D eigenvalue weighted by Crippen LogP contribution is 2.45. The zero-order valence-corrected chi connectivity index (χ0v) is 18.9. The lowest BCUT2D eigenvalue weighted by molar-refractivity contribution is 0.102. The number of aryl methyl sites for hydroxylation is 1. The quantitative estimate of drug-likeness (QED) is 0.493. The van der Waals surface area contributed by atoms with Crippen molar-refractivity contribution in [2.75, 3.05) is 26.6 Å². The summed E-state index contributed by atoms with van der Waals surface area (Å²) in [7, 11) is 4.52. The maximum absolute atomic E-state index is 12.9. The largest absolute Gasteiger partial charge is 0.493 e. The predicted octanol–water partition coefficient (Wildman–Crippen LogP) is 5.41. The monoisotopic (exact) mass is 476 g/mol. The van der Waals surface area contributed by atoms with Crippen molar-refractivity contribution in [3.8, 4) is 28.5 Å². The van der Waals surface area contributed by atoms with Crippen LogP contribution in [0.2, 0.25) is 0 Å². The van der Waals surface area contributed by atoms with Gasteiger partial charge in [0, 0.05) is 10.9 Å². The number of hydrogen-bond donors (Lipinski definition) is 1. The summed E-state index contributed by atoms with van der Waals surface area (Å²) < 4.78 is 16.5. The molecule has 0 aliphatic heterocycles. The normalized spacial score (nSPS) is 10.5. The zero-order valence-electron chi connectivity index (χ0n) is 16.5. The Morgan fingerprint density at radius 1 is 1.10 bits per heavy atom. The summed E-state index contributed by atoms with van der Waals surface area (Å²) in [6, 6.07) is 9.84. The minimum atomic E-state index is -0.335. The molecule has 2 aromatic carbocycles. The van der Waals surface area contributed by atoms with Crippen molar-refractivity contribution < 1.29 is 19.0 Å². The standard InChI is InChI=1S/C21H21BrN2O4S/c1-5-12-6-8-13(9-7-12)15-11-29-21(23-15)24-20(25)14-10-16(26-2)18(27-3)19(28-4)17(14)22/h6-11H,5H2,1-4H3,(H,23,24,25). The van der Waals surface area contributed by atoms with Crippen molar-refractivity contribution in [3.05, 3.63) is 51.3 Å². The highest BCUT2D eigenvalue weighted by molar-refractivity contribution is 9.10. The van der Waals surface area contributed by atoms with Crippen molar-refractivity contribution >= 4 is 38.3 Å². The van der Waals surface area contributed by atoms with E-state index in [-0.39, 0.29) is 5.91 Å². The molecule has 0 spiro atoms. The number of thiazole rings is 1. The molecule has 0 saturated carbocycles. The Labute approximate surface area is 182 Å². The lowest BCUT2D eigenvalue weighted by Gasteiger charge is -2.16. The summed E-state index contributed by atoms with van der Waals surface area (Å²) in [5.74, 6) is 0.852. The van der Waals surface area contributed by atoms with Gasteiger partial charge in [-0.3, -0.25) is 10.1 Å². The van der Waals surface area contributed by atoms with Gasteiger partial charge >= 0.3 is 0 Å². The molecule has 0 aliphatic carbocycles. The molecular formula is C21H21BrN2O4S. The van der Waals surface area contributed by atoms with E-state index in [9.17, 15) is 4.79 Å². The van der Waals surface area contributed by atoms with Crippen molar-refractivity contribution in [1.29, 1.82) is 0 Å². The Bertz CT molecular complexity index is 1020. The molecule has 6 nitrogen and oxygen atoms in total. The first kappa shape index (κ1) is 21.1. The highest BCUT2D eigenvalue weighted by Gasteiger charge is 2.23. The van der Waals surface area contributed by atoms with Crippen molar-refractivity contribution in [1.82, 2.24) is 4.98 Å². The van der Waals surface area contributed by atoms with Gasteiger partial charge in [-0.2, -0.15) is 0 Å². The van der Waals surface area contributed by atoms with E-state index in [0.717, 1.165) is 17.7 Å². The minimum Gasteiger partial charge on any atom is -0.493 e. The van der Waals surface area contributed by atoms with Crippen LogP contribution in [0.5, 0.6) is 17.2 Å². The van der Waals surface area contributed by atoms with Crippen LogP contribution in [0, 0.1) is 0 Å². The van der Waals surface area contributed by atoms with Crippen LogP contribution in [0.3, 0.4) is 0 Å². The first-order chi connectivity index (χ1) is 14.0. The number of methoxy groups -OCH3 is 3. The number of amides is 1. The maximum Gasteiger partial charge on any atom is 0.258 e. The SMILES string of the molecule is CCc1ccc(-c2csc(NC(=O)c3cc(OC)c(OC)c(OC)c3Br)n2)cc1. The summed E-state index contributed by atoms with van der Waals surface area (Å²) in [4.78, 5) is 17.4. The molecule has 0 radical (unpaired) electrons. The van der Waals surface area contributed by atoms with Gasteiger partial charge in [-0.1, -0.05) is 31.2 Å². The number of benzene rings is 2. The van der Waals surface area contributed by atoms with Crippen molar-refractivity contribution in [3.63, 3.8) is 0 Å². The molecule has 8 heteroatoms. The maximum atomic E-state index is 12.9. The smallest absolute Gasteiger partial charge is 0.258 e. The second-order valence-corrected chi connectivity index (χ2v) is 7.70. The average Bonchev–Trinajstić information content (AvgIpc) is 3.21. The minimum absolute atomic E-state index is 0.335. The molecule has 0 unspecified atom stereocenters. The molecule has 1 N–H and O–H groups in total. The molecular weight excluding hydrogens is 456 g/mol. The van der Waals surface area contributed by atoms with Gasteiger partial charge in [-0.05, 0) is 34.0 Å². The van der Waals surface area contributed by atoms with Gasteiger partial charge in [0.15, 0.2) is 16.6 Å². The molecule has 0 atom stereocenters. The molecule has 3 rings (SSSR count). The summed E-state index contributed by atoms with van der Waals surface area (Å²) >= 11 is 4.79. The van der Waals surface area contributed by atoms with Crippen LogP contribution in [0.1, 0.15) is 22.8 Å². The Morgan fingerprint density at radius 2 is 1.79 bits per heavy atom. The second-order valence-electron chi connectivity index (χ2n) is 6.05. The molecule has 0 aliphatic rings. The van der Waals surface area contributed by atoms with Gasteiger partial charge < -0.3 is 14.2 Å². The van der Waals surface area contributed by atoms with Crippen LogP contribution in [0.25, 0.3) is 11.3 Å². The van der Waals surface area contributed by atoms with E-state index in [4.69, 9.17) is 14.2 Å². The molecule has 152 valence electrons. The molecule has 29 heavy (non-hydrogen) atoms. The lowest BCUT2D eigenvalue weighted by atomic mass is 10.1. The first-order valence-corrected chi connectivity index (χ1v) is 10.5. The number of carbonyl (C=O) groups excluding carboxylic acids is 1. The Kier molecular flexibility index (Phi) is 6.76. The van der Waals surface area contributed by atoms with Gasteiger partial charge in [0.05, 0.1) is 37.1 Å². The molecule has 0 saturated heterocycles. The fourth-order valence-corrected chi connectivity index (χ4v) is 4.18. The van der Waals surface area contributed by atoms with Gasteiger partial charge in [-0.15, -0.1) is 11.3 Å². The van der Waals surface area contributed by atoms with E-state index < -0.39 is 0 Å². The summed E-state index contributed by atoms with van der Waals surface area (Å²) in [6.07, 6.45) is 0.988. The van der Waals surface area contributed by atoms with Crippen molar-refractivity contribution in [2.24, 2.45) is 0 Å². The fraction of sp³-hybridized carbons (Fsp3) is 0.238. The Hall–Kier alpha value is -2.58. The van der Waals surface area contributed by atoms with Crippen LogP contribution in [0.15, 0.2) is 40.2 Å². The topological polar surface area (TPSA) is 69.7 Å². The van der Waals surface area contributed by atoms with Crippen LogP contribution in [0.4, 0.5) is 5.13 Å². The third-order valence-corrected chi connectivity index (χ3v) is 5.94. The van der Waals surface area contributed by atoms with E-state index in [0.29, 0.717) is 32.4 Å². The third-order valence-electron chi connectivity index (χ3n) is 4.40. The summed E-state index contributed by atoms with van der Waals surface area (Å²) in [6.45, 7) is 2.12. The number of hydrogen-bond acceptors (Lipinski definition) is 6. The van der Waals surface area contributed by atoms with E-state index in [1.165, 1.54) is 38.2 Å².